The maximum absolute atomic E-state index is 12.5. The van der Waals surface area contributed by atoms with Gasteiger partial charge in [0.15, 0.2) is 0 Å². The molecule has 5 rings (SSSR count). The highest BCUT2D eigenvalue weighted by Crippen LogP contribution is 2.21. The summed E-state index contributed by atoms with van der Waals surface area (Å²) in [6.45, 7) is 2.30. The molecule has 8 N–H and O–H groups in total. The molecule has 0 fully saturated rings. The fraction of sp³-hybridized carbons (Fsp3) is 0.147. The SMILES string of the molecule is NCCOCCNc1nc(Nc2ccc(O)cc2)nc(Nc2ccc(C(=O)NCc3ccccc3)cc2)n1.O=CNc1ccccc1. The maximum atomic E-state index is 12.5. The number of carbonyl (C=O) groups is 2. The van der Waals surface area contributed by atoms with Crippen molar-refractivity contribution in [2.75, 3.05) is 47.6 Å². The van der Waals surface area contributed by atoms with Crippen LogP contribution in [0.5, 0.6) is 5.75 Å². The molecule has 13 nitrogen and oxygen atoms in total. The molecule has 0 spiro atoms. The first-order valence-corrected chi connectivity index (χ1v) is 14.8. The Hall–Kier alpha value is -6.05. The zero-order valence-corrected chi connectivity index (χ0v) is 25.6. The van der Waals surface area contributed by atoms with E-state index in [4.69, 9.17) is 10.5 Å². The molecule has 0 atom stereocenters. The molecule has 47 heavy (non-hydrogen) atoms. The molecule has 0 aliphatic heterocycles. The lowest BCUT2D eigenvalue weighted by atomic mass is 10.2. The van der Waals surface area contributed by atoms with Gasteiger partial charge >= 0.3 is 0 Å². The molecule has 0 aliphatic rings. The highest BCUT2D eigenvalue weighted by molar-refractivity contribution is 5.94. The maximum Gasteiger partial charge on any atom is 0.251 e. The molecule has 1 heterocycles. The Morgan fingerprint density at radius 2 is 1.30 bits per heavy atom. The Morgan fingerprint density at radius 3 is 1.89 bits per heavy atom. The third-order valence-corrected chi connectivity index (χ3v) is 6.25. The van der Waals surface area contributed by atoms with Crippen LogP contribution in [-0.4, -0.2) is 58.7 Å². The number of amides is 2. The largest absolute Gasteiger partial charge is 0.508 e. The second-order valence-corrected chi connectivity index (χ2v) is 9.80. The first-order valence-electron chi connectivity index (χ1n) is 14.8. The van der Waals surface area contributed by atoms with Crippen molar-refractivity contribution in [2.45, 2.75) is 6.54 Å². The smallest absolute Gasteiger partial charge is 0.251 e. The molecular weight excluding hydrogens is 598 g/mol. The van der Waals surface area contributed by atoms with Gasteiger partial charge in [-0.1, -0.05) is 48.5 Å². The number of rotatable bonds is 15. The highest BCUT2D eigenvalue weighted by Gasteiger charge is 2.10. The molecule has 1 aromatic heterocycles. The summed E-state index contributed by atoms with van der Waals surface area (Å²) in [7, 11) is 0. The number of phenolic OH excluding ortho intramolecular Hbond substituents is 1. The van der Waals surface area contributed by atoms with Crippen molar-refractivity contribution in [2.24, 2.45) is 5.73 Å². The molecule has 5 aromatic rings. The lowest BCUT2D eigenvalue weighted by Gasteiger charge is -2.12. The van der Waals surface area contributed by atoms with Crippen LogP contribution in [0.15, 0.2) is 109 Å². The lowest BCUT2D eigenvalue weighted by Crippen LogP contribution is -2.22. The van der Waals surface area contributed by atoms with Gasteiger partial charge in [0.1, 0.15) is 5.75 Å². The molecule has 0 unspecified atom stereocenters. The third kappa shape index (κ3) is 12.1. The minimum atomic E-state index is -0.163. The summed E-state index contributed by atoms with van der Waals surface area (Å²) in [5.74, 6) is 0.940. The Kier molecular flexibility index (Phi) is 13.5. The van der Waals surface area contributed by atoms with Gasteiger partial charge in [-0.05, 0) is 66.2 Å². The van der Waals surface area contributed by atoms with E-state index < -0.39 is 0 Å². The number of benzene rings is 4. The van der Waals surface area contributed by atoms with Gasteiger partial charge in [-0.2, -0.15) is 15.0 Å². The van der Waals surface area contributed by atoms with Gasteiger partial charge in [0.25, 0.3) is 5.91 Å². The average molecular weight is 636 g/mol. The van der Waals surface area contributed by atoms with Crippen LogP contribution in [-0.2, 0) is 16.1 Å². The fourth-order valence-electron chi connectivity index (χ4n) is 3.98. The van der Waals surface area contributed by atoms with Crippen LogP contribution < -0.4 is 32.3 Å². The minimum absolute atomic E-state index is 0.158. The summed E-state index contributed by atoms with van der Waals surface area (Å²) < 4.78 is 5.39. The monoisotopic (exact) mass is 635 g/mol. The van der Waals surface area contributed by atoms with E-state index >= 15 is 0 Å². The summed E-state index contributed by atoms with van der Waals surface area (Å²) in [5, 5.41) is 24.4. The summed E-state index contributed by atoms with van der Waals surface area (Å²) >= 11 is 0. The summed E-state index contributed by atoms with van der Waals surface area (Å²) in [4.78, 5) is 35.7. The van der Waals surface area contributed by atoms with E-state index in [1.54, 1.807) is 48.5 Å². The van der Waals surface area contributed by atoms with Crippen LogP contribution in [0, 0.1) is 0 Å². The standard InChI is InChI=1S/C27H30N8O3.C7H7NO/c28-14-16-38-17-15-29-25-33-26(35-27(34-25)32-22-10-12-23(36)13-11-22)31-21-8-6-20(7-9-21)24(37)30-18-19-4-2-1-3-5-19;9-6-8-7-4-2-1-3-5-7/h1-13,36H,14-18,28H2,(H,30,37)(H3,29,31,32,33,34,35);1-6H,(H,8,9). The summed E-state index contributed by atoms with van der Waals surface area (Å²) in [6, 6.07) is 32.6. The predicted molar refractivity (Wildman–Crippen MR) is 183 cm³/mol. The van der Waals surface area contributed by atoms with Crippen molar-refractivity contribution in [1.82, 2.24) is 20.3 Å². The number of hydrogen-bond donors (Lipinski definition) is 7. The zero-order valence-electron chi connectivity index (χ0n) is 25.6. The van der Waals surface area contributed by atoms with Gasteiger partial charge in [-0.15, -0.1) is 0 Å². The second kappa shape index (κ2) is 18.7. The van der Waals surface area contributed by atoms with Crippen LogP contribution in [0.3, 0.4) is 0 Å². The summed E-state index contributed by atoms with van der Waals surface area (Å²) in [5.41, 5.74) is 9.24. The zero-order chi connectivity index (χ0) is 33.1. The number of aromatic hydroxyl groups is 1. The van der Waals surface area contributed by atoms with Gasteiger partial charge in [0.05, 0.1) is 13.2 Å². The van der Waals surface area contributed by atoms with E-state index in [0.717, 1.165) is 11.3 Å². The van der Waals surface area contributed by atoms with Gasteiger partial charge in [-0.3, -0.25) is 9.59 Å². The molecule has 2 amide bonds. The van der Waals surface area contributed by atoms with E-state index in [-0.39, 0.29) is 11.7 Å². The van der Waals surface area contributed by atoms with E-state index in [0.29, 0.717) is 74.0 Å². The van der Waals surface area contributed by atoms with Crippen LogP contribution >= 0.6 is 0 Å². The number of carbonyl (C=O) groups excluding carboxylic acids is 2. The molecule has 242 valence electrons. The van der Waals surface area contributed by atoms with Crippen molar-refractivity contribution in [3.05, 3.63) is 120 Å². The molecule has 0 saturated heterocycles. The van der Waals surface area contributed by atoms with E-state index in [1.165, 1.54) is 0 Å². The van der Waals surface area contributed by atoms with Crippen LogP contribution in [0.2, 0.25) is 0 Å². The summed E-state index contributed by atoms with van der Waals surface area (Å²) in [6.07, 6.45) is 0.662. The number of phenols is 1. The number of para-hydroxylation sites is 1. The molecule has 0 bridgehead atoms. The van der Waals surface area contributed by atoms with Gasteiger partial charge < -0.3 is 42.2 Å². The van der Waals surface area contributed by atoms with Crippen LogP contribution in [0.4, 0.5) is 34.9 Å². The first-order chi connectivity index (χ1) is 23.0. The first kappa shape index (κ1) is 33.8. The lowest BCUT2D eigenvalue weighted by molar-refractivity contribution is -0.105. The van der Waals surface area contributed by atoms with Gasteiger partial charge in [0, 0.05) is 42.3 Å². The van der Waals surface area contributed by atoms with Crippen LogP contribution in [0.25, 0.3) is 0 Å². The number of aromatic nitrogens is 3. The Morgan fingerprint density at radius 1 is 0.723 bits per heavy atom. The Bertz CT molecular complexity index is 1660. The van der Waals surface area contributed by atoms with Crippen molar-refractivity contribution < 1.29 is 19.4 Å². The molecule has 13 heteroatoms. The van der Waals surface area contributed by atoms with E-state index in [2.05, 4.69) is 41.5 Å². The highest BCUT2D eigenvalue weighted by atomic mass is 16.5. The average Bonchev–Trinajstić information content (AvgIpc) is 3.10. The molecule has 4 aromatic carbocycles. The topological polar surface area (TPSA) is 188 Å². The van der Waals surface area contributed by atoms with E-state index in [9.17, 15) is 14.7 Å². The number of nitrogens with two attached hydrogens (primary N) is 1. The third-order valence-electron chi connectivity index (χ3n) is 6.25. The number of nitrogens with one attached hydrogen (secondary N) is 5. The normalized spacial score (nSPS) is 10.1. The molecule has 0 aliphatic carbocycles. The number of hydrogen-bond acceptors (Lipinski definition) is 11. The quantitative estimate of drug-likeness (QED) is 0.0482. The molecule has 0 radical (unpaired) electrons. The Labute approximate surface area is 272 Å². The van der Waals surface area contributed by atoms with Crippen LogP contribution in [0.1, 0.15) is 15.9 Å². The minimum Gasteiger partial charge on any atom is -0.508 e. The second-order valence-electron chi connectivity index (χ2n) is 9.80. The van der Waals surface area contributed by atoms with Gasteiger partial charge in [0.2, 0.25) is 24.3 Å². The molecular formula is C34H37N9O4. The number of anilines is 6. The number of ether oxygens (including phenoxy) is 1. The van der Waals surface area contributed by atoms with E-state index in [1.807, 2.05) is 60.7 Å². The Balaban J connectivity index is 0.000000479. The van der Waals surface area contributed by atoms with Gasteiger partial charge in [-0.25, -0.2) is 0 Å². The number of nitrogens with zero attached hydrogens (tertiary/aromatic N) is 3. The molecule has 0 saturated carbocycles. The van der Waals surface area contributed by atoms with Crippen molar-refractivity contribution in [3.63, 3.8) is 0 Å². The van der Waals surface area contributed by atoms with Crippen molar-refractivity contribution >= 4 is 47.2 Å². The van der Waals surface area contributed by atoms with Crippen molar-refractivity contribution in [1.29, 1.82) is 0 Å². The van der Waals surface area contributed by atoms with Crippen molar-refractivity contribution in [3.8, 4) is 5.75 Å². The predicted octanol–water partition coefficient (Wildman–Crippen LogP) is 4.64. The fourth-order valence-corrected chi connectivity index (χ4v) is 3.98.